The fraction of sp³-hybridized carbons (Fsp3) is 0.385. The largest absolute Gasteiger partial charge is 0.324 e. The first-order valence-electron chi connectivity index (χ1n) is 11.6. The highest BCUT2D eigenvalue weighted by atomic mass is 35.5. The summed E-state index contributed by atoms with van der Waals surface area (Å²) in [7, 11) is 0. The molecular formula is C26H29ClN4O. The van der Waals surface area contributed by atoms with Crippen LogP contribution in [0.5, 0.6) is 0 Å². The molecular weight excluding hydrogens is 420 g/mol. The molecule has 0 atom stereocenters. The van der Waals surface area contributed by atoms with Crippen LogP contribution in [0.1, 0.15) is 32.1 Å². The molecule has 0 saturated carbocycles. The molecule has 3 aromatic rings. The number of benzene rings is 2. The Bertz CT molecular complexity index is 1100. The Kier molecular flexibility index (Phi) is 6.28. The van der Waals surface area contributed by atoms with Crippen LogP contribution < -0.4 is 5.32 Å². The van der Waals surface area contributed by atoms with Gasteiger partial charge in [0.2, 0.25) is 0 Å². The number of fused-ring (bicyclic) bond motifs is 1. The molecule has 1 N–H and O–H groups in total. The number of piperidine rings is 2. The maximum absolute atomic E-state index is 12.9. The van der Waals surface area contributed by atoms with E-state index in [9.17, 15) is 4.79 Å². The normalized spacial score (nSPS) is 18.1. The van der Waals surface area contributed by atoms with Crippen LogP contribution in [0.2, 0.25) is 5.02 Å². The summed E-state index contributed by atoms with van der Waals surface area (Å²) in [6.45, 7) is 4.04. The number of carbonyl (C=O) groups excluding carboxylic acids is 1. The standard InChI is InChI=1S/C26H29ClN4O/c27-24-9-8-20(18-23(24)25-22-7-3-2-6-19(22)10-13-28-25)29-26(32)31-16-11-21(12-17-31)30-14-4-1-5-15-30/h2-3,6-10,13,18,21H,1,4-5,11-12,14-17H2,(H,29,32). The van der Waals surface area contributed by atoms with E-state index in [1.54, 1.807) is 6.20 Å². The van der Waals surface area contributed by atoms with Gasteiger partial charge in [0.1, 0.15) is 0 Å². The summed E-state index contributed by atoms with van der Waals surface area (Å²) in [6.07, 6.45) is 7.88. The molecule has 2 amide bonds. The second-order valence-electron chi connectivity index (χ2n) is 8.82. The number of rotatable bonds is 3. The van der Waals surface area contributed by atoms with Gasteiger partial charge in [-0.2, -0.15) is 0 Å². The zero-order valence-corrected chi connectivity index (χ0v) is 19.0. The summed E-state index contributed by atoms with van der Waals surface area (Å²) >= 11 is 6.54. The fourth-order valence-electron chi connectivity index (χ4n) is 5.04. The first-order chi connectivity index (χ1) is 15.7. The van der Waals surface area contributed by atoms with Crippen LogP contribution in [-0.4, -0.2) is 53.0 Å². The number of pyridine rings is 1. The highest BCUT2D eigenvalue weighted by molar-refractivity contribution is 6.33. The Labute approximate surface area is 194 Å². The highest BCUT2D eigenvalue weighted by Crippen LogP contribution is 2.34. The maximum Gasteiger partial charge on any atom is 0.321 e. The number of likely N-dealkylation sites (tertiary alicyclic amines) is 2. The summed E-state index contributed by atoms with van der Waals surface area (Å²) in [6, 6.07) is 16.3. The number of carbonyl (C=O) groups is 1. The van der Waals surface area contributed by atoms with Gasteiger partial charge in [-0.1, -0.05) is 42.3 Å². The third kappa shape index (κ3) is 4.45. The van der Waals surface area contributed by atoms with Crippen LogP contribution in [0.25, 0.3) is 22.0 Å². The third-order valence-electron chi connectivity index (χ3n) is 6.81. The van der Waals surface area contributed by atoms with E-state index in [-0.39, 0.29) is 6.03 Å². The van der Waals surface area contributed by atoms with Crippen molar-refractivity contribution in [2.75, 3.05) is 31.5 Å². The quantitative estimate of drug-likeness (QED) is 0.531. The Balaban J connectivity index is 1.29. The van der Waals surface area contributed by atoms with Gasteiger partial charge in [-0.15, -0.1) is 0 Å². The number of aromatic nitrogens is 1. The van der Waals surface area contributed by atoms with E-state index in [1.807, 2.05) is 47.4 Å². The molecule has 2 saturated heterocycles. The lowest BCUT2D eigenvalue weighted by Gasteiger charge is -2.40. The molecule has 5 rings (SSSR count). The molecule has 2 aliphatic heterocycles. The minimum absolute atomic E-state index is 0.0405. The third-order valence-corrected chi connectivity index (χ3v) is 7.13. The molecule has 6 heteroatoms. The minimum Gasteiger partial charge on any atom is -0.324 e. The number of anilines is 1. The number of urea groups is 1. The average molecular weight is 449 g/mol. The van der Waals surface area contributed by atoms with E-state index >= 15 is 0 Å². The average Bonchev–Trinajstić information content (AvgIpc) is 2.85. The lowest BCUT2D eigenvalue weighted by Crippen LogP contribution is -2.49. The summed E-state index contributed by atoms with van der Waals surface area (Å²) in [4.78, 5) is 22.1. The first kappa shape index (κ1) is 21.2. The monoisotopic (exact) mass is 448 g/mol. The number of amides is 2. The molecule has 2 fully saturated rings. The Hall–Kier alpha value is -2.63. The van der Waals surface area contributed by atoms with Crippen molar-refractivity contribution in [2.45, 2.75) is 38.1 Å². The molecule has 0 bridgehead atoms. The van der Waals surface area contributed by atoms with E-state index in [0.717, 1.165) is 53.6 Å². The molecule has 2 aromatic carbocycles. The van der Waals surface area contributed by atoms with Crippen LogP contribution in [-0.2, 0) is 0 Å². The van der Waals surface area contributed by atoms with Gasteiger partial charge in [-0.05, 0) is 68.4 Å². The summed E-state index contributed by atoms with van der Waals surface area (Å²) < 4.78 is 0. The molecule has 0 unspecified atom stereocenters. The number of halogens is 1. The van der Waals surface area contributed by atoms with E-state index in [1.165, 1.54) is 32.4 Å². The maximum atomic E-state index is 12.9. The van der Waals surface area contributed by atoms with Crippen molar-refractivity contribution in [1.29, 1.82) is 0 Å². The van der Waals surface area contributed by atoms with Crippen molar-refractivity contribution in [2.24, 2.45) is 0 Å². The van der Waals surface area contributed by atoms with E-state index in [4.69, 9.17) is 11.6 Å². The molecule has 32 heavy (non-hydrogen) atoms. The lowest BCUT2D eigenvalue weighted by molar-refractivity contribution is 0.104. The van der Waals surface area contributed by atoms with Crippen molar-refractivity contribution in [3.05, 3.63) is 59.8 Å². The number of nitrogens with zero attached hydrogens (tertiary/aromatic N) is 3. The first-order valence-corrected chi connectivity index (χ1v) is 12.0. The summed E-state index contributed by atoms with van der Waals surface area (Å²) in [5.41, 5.74) is 2.39. The summed E-state index contributed by atoms with van der Waals surface area (Å²) in [5, 5.41) is 5.85. The zero-order chi connectivity index (χ0) is 21.9. The molecule has 0 aliphatic carbocycles. The van der Waals surface area contributed by atoms with Crippen LogP contribution >= 0.6 is 11.6 Å². The SMILES string of the molecule is O=C(Nc1ccc(Cl)c(-c2nccc3ccccc23)c1)N1CCC(N2CCCCC2)CC1. The van der Waals surface area contributed by atoms with Crippen molar-refractivity contribution >= 4 is 34.1 Å². The van der Waals surface area contributed by atoms with Crippen molar-refractivity contribution in [1.82, 2.24) is 14.8 Å². The number of nitrogens with one attached hydrogen (secondary N) is 1. The Morgan fingerprint density at radius 1 is 0.969 bits per heavy atom. The molecule has 5 nitrogen and oxygen atoms in total. The van der Waals surface area contributed by atoms with Gasteiger partial charge in [0.25, 0.3) is 0 Å². The predicted octanol–water partition coefficient (Wildman–Crippen LogP) is 6.04. The van der Waals surface area contributed by atoms with Gasteiger partial charge in [0.05, 0.1) is 10.7 Å². The van der Waals surface area contributed by atoms with E-state index in [2.05, 4.69) is 21.3 Å². The van der Waals surface area contributed by atoms with Gasteiger partial charge in [0.15, 0.2) is 0 Å². The van der Waals surface area contributed by atoms with Gasteiger partial charge in [-0.3, -0.25) is 4.98 Å². The summed E-state index contributed by atoms with van der Waals surface area (Å²) in [5.74, 6) is 0. The predicted molar refractivity (Wildman–Crippen MR) is 131 cm³/mol. The highest BCUT2D eigenvalue weighted by Gasteiger charge is 2.27. The van der Waals surface area contributed by atoms with Crippen LogP contribution in [0.3, 0.4) is 0 Å². The van der Waals surface area contributed by atoms with Crippen LogP contribution in [0, 0.1) is 0 Å². The molecule has 166 valence electrons. The van der Waals surface area contributed by atoms with E-state index in [0.29, 0.717) is 11.1 Å². The van der Waals surface area contributed by atoms with Gasteiger partial charge < -0.3 is 15.1 Å². The van der Waals surface area contributed by atoms with Crippen molar-refractivity contribution < 1.29 is 4.79 Å². The number of hydrogen-bond donors (Lipinski definition) is 1. The molecule has 3 heterocycles. The molecule has 0 spiro atoms. The van der Waals surface area contributed by atoms with Crippen LogP contribution in [0.15, 0.2) is 54.7 Å². The lowest BCUT2D eigenvalue weighted by atomic mass is 10.00. The van der Waals surface area contributed by atoms with Gasteiger partial charge in [-0.25, -0.2) is 4.79 Å². The molecule has 1 aromatic heterocycles. The Morgan fingerprint density at radius 3 is 2.56 bits per heavy atom. The van der Waals surface area contributed by atoms with Crippen LogP contribution in [0.4, 0.5) is 10.5 Å². The molecule has 0 radical (unpaired) electrons. The van der Waals surface area contributed by atoms with Crippen molar-refractivity contribution in [3.8, 4) is 11.3 Å². The van der Waals surface area contributed by atoms with Crippen molar-refractivity contribution in [3.63, 3.8) is 0 Å². The topological polar surface area (TPSA) is 48.5 Å². The van der Waals surface area contributed by atoms with Gasteiger partial charge in [0, 0.05) is 42.0 Å². The van der Waals surface area contributed by atoms with Gasteiger partial charge >= 0.3 is 6.03 Å². The fourth-order valence-corrected chi connectivity index (χ4v) is 5.25. The Morgan fingerprint density at radius 2 is 1.75 bits per heavy atom. The van der Waals surface area contributed by atoms with E-state index < -0.39 is 0 Å². The smallest absolute Gasteiger partial charge is 0.321 e. The second-order valence-corrected chi connectivity index (χ2v) is 9.23. The minimum atomic E-state index is -0.0405. The molecule has 2 aliphatic rings. The second kappa shape index (κ2) is 9.47. The number of hydrogen-bond acceptors (Lipinski definition) is 3. The zero-order valence-electron chi connectivity index (χ0n) is 18.3.